The van der Waals surface area contributed by atoms with Crippen molar-refractivity contribution in [1.29, 1.82) is 0 Å². The van der Waals surface area contributed by atoms with Gasteiger partial charge in [0.25, 0.3) is 12.4 Å². The number of aliphatic hydroxyl groups excluding tert-OH is 2. The summed E-state index contributed by atoms with van der Waals surface area (Å²) in [6, 6.07) is 0. The Morgan fingerprint density at radius 1 is 1.23 bits per heavy atom. The summed E-state index contributed by atoms with van der Waals surface area (Å²) in [4.78, 5) is 17.4. The summed E-state index contributed by atoms with van der Waals surface area (Å²) in [5, 5.41) is 29.4. The number of aliphatic hydroxyl groups is 2. The molecular formula is C7H18O6. The Hall–Kier alpha value is -1.14. The second kappa shape index (κ2) is 44.7. The van der Waals surface area contributed by atoms with Gasteiger partial charge in [-0.15, -0.1) is 0 Å². The predicted molar refractivity (Wildman–Crippen MR) is 47.5 cm³/mol. The number of carboxylic acid groups (broad SMARTS) is 2. The van der Waals surface area contributed by atoms with E-state index in [-0.39, 0.29) is 19.7 Å². The lowest BCUT2D eigenvalue weighted by Gasteiger charge is -1.59. The second-order valence-electron chi connectivity index (χ2n) is 1.26. The van der Waals surface area contributed by atoms with Gasteiger partial charge >= 0.3 is 0 Å². The Labute approximate surface area is 77.4 Å². The van der Waals surface area contributed by atoms with E-state index < -0.39 is 5.97 Å². The molecule has 0 aromatic carbocycles. The topological polar surface area (TPSA) is 115 Å². The molecule has 0 unspecified atom stereocenters. The van der Waals surface area contributed by atoms with Crippen LogP contribution in [0.5, 0.6) is 0 Å². The SMILES string of the molecule is CC(=O)O.CCO.CCO.O=CO. The second-order valence-corrected chi connectivity index (χ2v) is 1.26. The summed E-state index contributed by atoms with van der Waals surface area (Å²) >= 11 is 0. The van der Waals surface area contributed by atoms with Crippen LogP contribution >= 0.6 is 0 Å². The minimum atomic E-state index is -0.833. The van der Waals surface area contributed by atoms with Crippen molar-refractivity contribution in [1.82, 2.24) is 0 Å². The fraction of sp³-hybridized carbons (Fsp3) is 0.714. The van der Waals surface area contributed by atoms with E-state index >= 15 is 0 Å². The molecular weight excluding hydrogens is 180 g/mol. The molecule has 82 valence electrons. The van der Waals surface area contributed by atoms with Crippen LogP contribution in [-0.2, 0) is 9.59 Å². The highest BCUT2D eigenvalue weighted by molar-refractivity contribution is 5.62. The molecule has 0 aliphatic rings. The largest absolute Gasteiger partial charge is 0.483 e. The lowest BCUT2D eigenvalue weighted by atomic mass is 10.9. The first-order valence-corrected chi connectivity index (χ1v) is 3.47. The number of carboxylic acids is 1. The molecule has 0 aromatic heterocycles. The van der Waals surface area contributed by atoms with E-state index in [1.165, 1.54) is 0 Å². The van der Waals surface area contributed by atoms with Gasteiger partial charge in [-0.1, -0.05) is 0 Å². The van der Waals surface area contributed by atoms with E-state index in [0.29, 0.717) is 0 Å². The van der Waals surface area contributed by atoms with Crippen LogP contribution in [0.25, 0.3) is 0 Å². The molecule has 0 atom stereocenters. The molecule has 0 aliphatic heterocycles. The van der Waals surface area contributed by atoms with Crippen molar-refractivity contribution in [3.63, 3.8) is 0 Å². The van der Waals surface area contributed by atoms with Gasteiger partial charge in [-0.2, -0.15) is 0 Å². The molecule has 0 saturated heterocycles. The lowest BCUT2D eigenvalue weighted by molar-refractivity contribution is -0.134. The zero-order valence-corrected chi connectivity index (χ0v) is 8.10. The van der Waals surface area contributed by atoms with Crippen molar-refractivity contribution in [2.45, 2.75) is 20.8 Å². The first kappa shape index (κ1) is 22.6. The third-order valence-electron chi connectivity index (χ3n) is 0. The number of aliphatic carboxylic acids is 1. The van der Waals surface area contributed by atoms with Gasteiger partial charge in [0.05, 0.1) is 0 Å². The molecule has 0 saturated carbocycles. The van der Waals surface area contributed by atoms with E-state index in [1.807, 2.05) is 0 Å². The molecule has 0 bridgehead atoms. The van der Waals surface area contributed by atoms with Crippen LogP contribution in [0, 0.1) is 0 Å². The summed E-state index contributed by atoms with van der Waals surface area (Å²) in [6.07, 6.45) is 0. The molecule has 6 heteroatoms. The Kier molecular flexibility index (Phi) is 77.9. The number of rotatable bonds is 0. The van der Waals surface area contributed by atoms with Gasteiger partial charge in [0.15, 0.2) is 0 Å². The highest BCUT2D eigenvalue weighted by Gasteiger charge is 1.65. The molecule has 0 radical (unpaired) electrons. The van der Waals surface area contributed by atoms with Gasteiger partial charge in [0.1, 0.15) is 0 Å². The van der Waals surface area contributed by atoms with Gasteiger partial charge in [-0.05, 0) is 13.8 Å². The standard InChI is InChI=1S/C2H4O2.2C2H6O.CH2O2/c1-2(3)4;2*1-2-3;2-1-3/h1H3,(H,3,4);2*3H,2H2,1H3;1H,(H,2,3). The molecule has 0 fully saturated rings. The maximum absolute atomic E-state index is 9.00. The maximum Gasteiger partial charge on any atom is 0.300 e. The fourth-order valence-corrected chi connectivity index (χ4v) is 0. The van der Waals surface area contributed by atoms with Gasteiger partial charge in [-0.25, -0.2) is 0 Å². The van der Waals surface area contributed by atoms with E-state index in [4.69, 9.17) is 30.0 Å². The zero-order valence-electron chi connectivity index (χ0n) is 8.10. The summed E-state index contributed by atoms with van der Waals surface area (Å²) in [6.45, 7) is 4.69. The highest BCUT2D eigenvalue weighted by atomic mass is 16.4. The van der Waals surface area contributed by atoms with Gasteiger partial charge in [0.2, 0.25) is 0 Å². The Bertz CT molecular complexity index is 77.1. The van der Waals surface area contributed by atoms with Crippen LogP contribution in [-0.4, -0.2) is 46.1 Å². The Balaban J connectivity index is -0.0000000420. The number of hydrogen-bond acceptors (Lipinski definition) is 4. The number of carbonyl (C=O) groups is 2. The van der Waals surface area contributed by atoms with Crippen LogP contribution in [0.1, 0.15) is 20.8 Å². The lowest BCUT2D eigenvalue weighted by Crippen LogP contribution is -1.78. The van der Waals surface area contributed by atoms with E-state index in [9.17, 15) is 0 Å². The van der Waals surface area contributed by atoms with Crippen LogP contribution in [0.15, 0.2) is 0 Å². The summed E-state index contributed by atoms with van der Waals surface area (Å²) in [7, 11) is 0. The third kappa shape index (κ3) is 656. The smallest absolute Gasteiger partial charge is 0.300 e. The van der Waals surface area contributed by atoms with E-state index in [2.05, 4.69) is 0 Å². The molecule has 4 N–H and O–H groups in total. The quantitative estimate of drug-likeness (QED) is 0.400. The Morgan fingerprint density at radius 3 is 1.23 bits per heavy atom. The molecule has 13 heavy (non-hydrogen) atoms. The van der Waals surface area contributed by atoms with Gasteiger partial charge in [0, 0.05) is 20.1 Å². The molecule has 0 aromatic rings. The Morgan fingerprint density at radius 2 is 1.23 bits per heavy atom. The van der Waals surface area contributed by atoms with Gasteiger partial charge < -0.3 is 20.4 Å². The van der Waals surface area contributed by atoms with Crippen molar-refractivity contribution < 1.29 is 30.0 Å². The van der Waals surface area contributed by atoms with E-state index in [0.717, 1.165) is 6.92 Å². The highest BCUT2D eigenvalue weighted by Crippen LogP contribution is 1.42. The summed E-state index contributed by atoms with van der Waals surface area (Å²) < 4.78 is 0. The molecule has 0 aliphatic carbocycles. The van der Waals surface area contributed by atoms with Crippen molar-refractivity contribution in [3.8, 4) is 0 Å². The van der Waals surface area contributed by atoms with Crippen molar-refractivity contribution >= 4 is 12.4 Å². The zero-order chi connectivity index (χ0) is 11.7. The molecule has 0 heterocycles. The minimum absolute atomic E-state index is 0.250. The van der Waals surface area contributed by atoms with Crippen LogP contribution < -0.4 is 0 Å². The van der Waals surface area contributed by atoms with Crippen molar-refractivity contribution in [3.05, 3.63) is 0 Å². The van der Waals surface area contributed by atoms with Crippen molar-refractivity contribution in [2.24, 2.45) is 0 Å². The average Bonchev–Trinajstić information content (AvgIpc) is 1.88. The molecule has 6 nitrogen and oxygen atoms in total. The third-order valence-corrected chi connectivity index (χ3v) is 0. The van der Waals surface area contributed by atoms with Crippen molar-refractivity contribution in [2.75, 3.05) is 13.2 Å². The summed E-state index contributed by atoms with van der Waals surface area (Å²) in [5.41, 5.74) is 0. The molecule has 0 spiro atoms. The maximum atomic E-state index is 9.00. The van der Waals surface area contributed by atoms with Crippen LogP contribution in [0.2, 0.25) is 0 Å². The number of hydrogen-bond donors (Lipinski definition) is 4. The molecule has 0 rings (SSSR count). The van der Waals surface area contributed by atoms with E-state index in [1.54, 1.807) is 13.8 Å². The fourth-order valence-electron chi connectivity index (χ4n) is 0. The first-order chi connectivity index (χ1) is 5.97. The molecule has 0 amide bonds. The first-order valence-electron chi connectivity index (χ1n) is 3.47. The normalized spacial score (nSPS) is 5.62. The average molecular weight is 198 g/mol. The van der Waals surface area contributed by atoms with Crippen LogP contribution in [0.4, 0.5) is 0 Å². The minimum Gasteiger partial charge on any atom is -0.483 e. The van der Waals surface area contributed by atoms with Crippen LogP contribution in [0.3, 0.4) is 0 Å². The van der Waals surface area contributed by atoms with Gasteiger partial charge in [-0.3, -0.25) is 9.59 Å². The predicted octanol–water partition coefficient (Wildman–Crippen LogP) is -0.211. The summed E-state index contributed by atoms with van der Waals surface area (Å²) in [5.74, 6) is -0.833. The monoisotopic (exact) mass is 198 g/mol.